The molecule has 1 atom stereocenters. The van der Waals surface area contributed by atoms with Gasteiger partial charge < -0.3 is 15.2 Å². The molecule has 0 radical (unpaired) electrons. The first kappa shape index (κ1) is 17.7. The third kappa shape index (κ3) is 5.86. The summed E-state index contributed by atoms with van der Waals surface area (Å²) in [5, 5.41) is 12.2. The van der Waals surface area contributed by atoms with Crippen molar-refractivity contribution in [1.29, 1.82) is 0 Å². The molecular weight excluding hydrogens is 266 g/mol. The summed E-state index contributed by atoms with van der Waals surface area (Å²) in [6.07, 6.45) is 1.08. The molecule has 0 aliphatic heterocycles. The minimum Gasteiger partial charge on any atom is -0.466 e. The van der Waals surface area contributed by atoms with Crippen LogP contribution in [0, 0.1) is 20.8 Å². The molecule has 0 bridgehead atoms. The number of aliphatic hydroxyl groups excluding tert-OH is 1. The summed E-state index contributed by atoms with van der Waals surface area (Å²) < 4.78 is 5.03. The van der Waals surface area contributed by atoms with Crippen LogP contribution in [-0.2, 0) is 16.0 Å². The standard InChI is InChI=1S/C17H27NO3/c1-5-21-17(20)11-15(18-6-7-19)10-16-13(3)8-12(2)9-14(16)4/h8-9,15,18-19H,5-7,10-11H2,1-4H3. The van der Waals surface area contributed by atoms with Gasteiger partial charge in [-0.3, -0.25) is 4.79 Å². The second kappa shape index (κ2) is 8.80. The fraction of sp³-hybridized carbons (Fsp3) is 0.588. The van der Waals surface area contributed by atoms with Crippen molar-refractivity contribution in [3.8, 4) is 0 Å². The van der Waals surface area contributed by atoms with Gasteiger partial charge in [-0.15, -0.1) is 0 Å². The normalized spacial score (nSPS) is 12.2. The van der Waals surface area contributed by atoms with Gasteiger partial charge in [-0.1, -0.05) is 17.7 Å². The van der Waals surface area contributed by atoms with Crippen molar-refractivity contribution < 1.29 is 14.6 Å². The largest absolute Gasteiger partial charge is 0.466 e. The van der Waals surface area contributed by atoms with Crippen LogP contribution in [0.2, 0.25) is 0 Å². The van der Waals surface area contributed by atoms with E-state index < -0.39 is 0 Å². The minimum absolute atomic E-state index is 0.0173. The summed E-state index contributed by atoms with van der Waals surface area (Å²) in [6.45, 7) is 9.03. The molecule has 1 aromatic rings. The maximum Gasteiger partial charge on any atom is 0.307 e. The first-order valence-corrected chi connectivity index (χ1v) is 7.54. The molecule has 1 aromatic carbocycles. The number of ether oxygens (including phenoxy) is 1. The maximum absolute atomic E-state index is 11.7. The second-order valence-corrected chi connectivity index (χ2v) is 5.47. The summed E-state index contributed by atoms with van der Waals surface area (Å²) >= 11 is 0. The van der Waals surface area contributed by atoms with E-state index in [1.54, 1.807) is 0 Å². The first-order chi connectivity index (χ1) is 9.97. The molecule has 0 aromatic heterocycles. The number of rotatable bonds is 8. The van der Waals surface area contributed by atoms with Crippen molar-refractivity contribution in [3.05, 3.63) is 34.4 Å². The van der Waals surface area contributed by atoms with E-state index in [-0.39, 0.29) is 18.6 Å². The number of nitrogens with one attached hydrogen (secondary N) is 1. The first-order valence-electron chi connectivity index (χ1n) is 7.54. The molecule has 21 heavy (non-hydrogen) atoms. The minimum atomic E-state index is -0.199. The Bertz CT molecular complexity index is 448. The lowest BCUT2D eigenvalue weighted by atomic mass is 9.93. The van der Waals surface area contributed by atoms with Gasteiger partial charge in [0, 0.05) is 12.6 Å². The van der Waals surface area contributed by atoms with E-state index in [1.807, 2.05) is 6.92 Å². The number of carbonyl (C=O) groups is 1. The fourth-order valence-electron chi connectivity index (χ4n) is 2.68. The highest BCUT2D eigenvalue weighted by atomic mass is 16.5. The Morgan fingerprint density at radius 3 is 2.43 bits per heavy atom. The van der Waals surface area contributed by atoms with Crippen molar-refractivity contribution in [2.75, 3.05) is 19.8 Å². The van der Waals surface area contributed by atoms with Gasteiger partial charge >= 0.3 is 5.97 Å². The summed E-state index contributed by atoms with van der Waals surface area (Å²) in [6, 6.07) is 4.31. The molecule has 118 valence electrons. The lowest BCUT2D eigenvalue weighted by Gasteiger charge is -2.20. The number of hydrogen-bond acceptors (Lipinski definition) is 4. The predicted octanol–water partition coefficient (Wildman–Crippen LogP) is 2.06. The Morgan fingerprint density at radius 1 is 1.29 bits per heavy atom. The van der Waals surface area contributed by atoms with Gasteiger partial charge in [0.2, 0.25) is 0 Å². The van der Waals surface area contributed by atoms with Gasteiger partial charge in [0.15, 0.2) is 0 Å². The van der Waals surface area contributed by atoms with E-state index in [0.29, 0.717) is 19.6 Å². The Balaban J connectivity index is 2.82. The molecule has 0 amide bonds. The molecule has 0 aliphatic carbocycles. The molecular formula is C17H27NO3. The highest BCUT2D eigenvalue weighted by Crippen LogP contribution is 2.19. The Morgan fingerprint density at radius 2 is 1.90 bits per heavy atom. The third-order valence-electron chi connectivity index (χ3n) is 3.55. The van der Waals surface area contributed by atoms with Crippen molar-refractivity contribution >= 4 is 5.97 Å². The summed E-state index contributed by atoms with van der Waals surface area (Å²) in [7, 11) is 0. The van der Waals surface area contributed by atoms with Crippen molar-refractivity contribution in [2.45, 2.75) is 46.6 Å². The number of esters is 1. The Kier molecular flexibility index (Phi) is 7.40. The zero-order valence-electron chi connectivity index (χ0n) is 13.5. The van der Waals surface area contributed by atoms with Crippen LogP contribution in [0.3, 0.4) is 0 Å². The van der Waals surface area contributed by atoms with Gasteiger partial charge in [0.25, 0.3) is 0 Å². The molecule has 2 N–H and O–H groups in total. The van der Waals surface area contributed by atoms with E-state index in [2.05, 4.69) is 38.2 Å². The van der Waals surface area contributed by atoms with Gasteiger partial charge in [-0.2, -0.15) is 0 Å². The number of benzene rings is 1. The van der Waals surface area contributed by atoms with E-state index in [0.717, 1.165) is 6.42 Å². The molecule has 4 nitrogen and oxygen atoms in total. The van der Waals surface area contributed by atoms with Crippen molar-refractivity contribution in [1.82, 2.24) is 5.32 Å². The van der Waals surface area contributed by atoms with E-state index in [9.17, 15) is 4.79 Å². The number of hydrogen-bond donors (Lipinski definition) is 2. The molecule has 0 saturated heterocycles. The van der Waals surface area contributed by atoms with Gasteiger partial charge in [0.05, 0.1) is 19.6 Å². The monoisotopic (exact) mass is 293 g/mol. The highest BCUT2D eigenvalue weighted by molar-refractivity contribution is 5.70. The molecule has 1 rings (SSSR count). The van der Waals surface area contributed by atoms with Crippen LogP contribution in [0.4, 0.5) is 0 Å². The van der Waals surface area contributed by atoms with Gasteiger partial charge in [0.1, 0.15) is 0 Å². The molecule has 0 heterocycles. The second-order valence-electron chi connectivity index (χ2n) is 5.47. The van der Waals surface area contributed by atoms with E-state index in [1.165, 1.54) is 22.3 Å². The van der Waals surface area contributed by atoms with Crippen LogP contribution < -0.4 is 5.32 Å². The van der Waals surface area contributed by atoms with Gasteiger partial charge in [-0.05, 0) is 50.8 Å². The zero-order valence-corrected chi connectivity index (χ0v) is 13.5. The van der Waals surface area contributed by atoms with Crippen LogP contribution in [0.15, 0.2) is 12.1 Å². The van der Waals surface area contributed by atoms with Crippen LogP contribution in [0.25, 0.3) is 0 Å². The predicted molar refractivity (Wildman–Crippen MR) is 84.5 cm³/mol. The third-order valence-corrected chi connectivity index (χ3v) is 3.55. The number of carbonyl (C=O) groups excluding carboxylic acids is 1. The van der Waals surface area contributed by atoms with E-state index in [4.69, 9.17) is 9.84 Å². The quantitative estimate of drug-likeness (QED) is 0.720. The Hall–Kier alpha value is -1.39. The molecule has 0 aliphatic rings. The highest BCUT2D eigenvalue weighted by Gasteiger charge is 2.17. The lowest BCUT2D eigenvalue weighted by Crippen LogP contribution is -2.36. The molecule has 0 spiro atoms. The van der Waals surface area contributed by atoms with Crippen LogP contribution in [0.1, 0.15) is 35.6 Å². The SMILES string of the molecule is CCOC(=O)CC(Cc1c(C)cc(C)cc1C)NCCO. The topological polar surface area (TPSA) is 58.6 Å². The summed E-state index contributed by atoms with van der Waals surface area (Å²) in [4.78, 5) is 11.7. The molecule has 4 heteroatoms. The van der Waals surface area contributed by atoms with Crippen molar-refractivity contribution in [2.24, 2.45) is 0 Å². The van der Waals surface area contributed by atoms with Gasteiger partial charge in [-0.25, -0.2) is 0 Å². The zero-order chi connectivity index (χ0) is 15.8. The number of aliphatic hydroxyl groups is 1. The van der Waals surface area contributed by atoms with Crippen LogP contribution >= 0.6 is 0 Å². The molecule has 1 unspecified atom stereocenters. The number of aryl methyl sites for hydroxylation is 3. The summed E-state index contributed by atoms with van der Waals surface area (Å²) in [5.74, 6) is -0.199. The molecule has 0 fully saturated rings. The fourth-order valence-corrected chi connectivity index (χ4v) is 2.68. The lowest BCUT2D eigenvalue weighted by molar-refractivity contribution is -0.143. The van der Waals surface area contributed by atoms with E-state index >= 15 is 0 Å². The summed E-state index contributed by atoms with van der Waals surface area (Å²) in [5.41, 5.74) is 5.00. The smallest absolute Gasteiger partial charge is 0.307 e. The maximum atomic E-state index is 11.7. The average Bonchev–Trinajstić information content (AvgIpc) is 2.39. The van der Waals surface area contributed by atoms with Crippen LogP contribution in [0.5, 0.6) is 0 Å². The van der Waals surface area contributed by atoms with Crippen LogP contribution in [-0.4, -0.2) is 36.9 Å². The average molecular weight is 293 g/mol. The Labute approximate surface area is 127 Å². The van der Waals surface area contributed by atoms with Crippen molar-refractivity contribution in [3.63, 3.8) is 0 Å². The molecule has 0 saturated carbocycles.